The highest BCUT2D eigenvalue weighted by atomic mass is 79.9. The molecule has 0 spiro atoms. The summed E-state index contributed by atoms with van der Waals surface area (Å²) < 4.78 is 6.61. The summed E-state index contributed by atoms with van der Waals surface area (Å²) in [4.78, 5) is 12.3. The predicted molar refractivity (Wildman–Crippen MR) is 88.1 cm³/mol. The molecule has 0 aliphatic heterocycles. The molecule has 0 amide bonds. The van der Waals surface area contributed by atoms with Gasteiger partial charge in [0.05, 0.1) is 12.8 Å². The molecule has 0 fully saturated rings. The van der Waals surface area contributed by atoms with Gasteiger partial charge in [0, 0.05) is 24.4 Å². The van der Waals surface area contributed by atoms with Gasteiger partial charge in [-0.05, 0) is 21.8 Å². The zero-order valence-electron chi connectivity index (χ0n) is 12.4. The van der Waals surface area contributed by atoms with Crippen LogP contribution in [0.15, 0.2) is 23.1 Å². The van der Waals surface area contributed by atoms with Crippen molar-refractivity contribution in [2.75, 3.05) is 24.2 Å². The second-order valence-electron chi connectivity index (χ2n) is 4.89. The molecule has 0 saturated carbocycles. The lowest BCUT2D eigenvalue weighted by molar-refractivity contribution is 0.310. The Morgan fingerprint density at radius 3 is 2.77 bits per heavy atom. The molecular formula is C14H18BrN5O2. The van der Waals surface area contributed by atoms with Crippen molar-refractivity contribution in [1.29, 1.82) is 0 Å². The normalized spacial score (nSPS) is 10.8. The maximum absolute atomic E-state index is 8.94. The third-order valence-electron chi connectivity index (χ3n) is 2.88. The van der Waals surface area contributed by atoms with Crippen molar-refractivity contribution < 1.29 is 9.84 Å². The summed E-state index contributed by atoms with van der Waals surface area (Å²) in [5, 5.41) is 11.9. The van der Waals surface area contributed by atoms with E-state index in [-0.39, 0.29) is 18.5 Å². The predicted octanol–water partition coefficient (Wildman–Crippen LogP) is 2.54. The molecule has 0 aromatic carbocycles. The zero-order valence-corrected chi connectivity index (χ0v) is 14.0. The van der Waals surface area contributed by atoms with Crippen molar-refractivity contribution in [3.05, 3.63) is 28.6 Å². The van der Waals surface area contributed by atoms with Crippen LogP contribution in [0.4, 0.5) is 11.8 Å². The van der Waals surface area contributed by atoms with Gasteiger partial charge in [-0.25, -0.2) is 9.97 Å². The van der Waals surface area contributed by atoms with Crippen molar-refractivity contribution in [3.8, 4) is 11.5 Å². The summed E-state index contributed by atoms with van der Waals surface area (Å²) in [7, 11) is 0. The minimum atomic E-state index is -0.0264. The highest BCUT2D eigenvalue weighted by Crippen LogP contribution is 2.34. The van der Waals surface area contributed by atoms with E-state index in [1.165, 1.54) is 6.20 Å². The van der Waals surface area contributed by atoms with Gasteiger partial charge in [-0.3, -0.25) is 0 Å². The van der Waals surface area contributed by atoms with E-state index in [0.29, 0.717) is 28.5 Å². The molecule has 22 heavy (non-hydrogen) atoms. The molecule has 0 bridgehead atoms. The van der Waals surface area contributed by atoms with Crippen molar-refractivity contribution in [2.45, 2.75) is 19.8 Å². The molecule has 2 aromatic heterocycles. The van der Waals surface area contributed by atoms with E-state index in [1.807, 2.05) is 0 Å². The van der Waals surface area contributed by atoms with Gasteiger partial charge in [0.2, 0.25) is 5.95 Å². The minimum Gasteiger partial charge on any atom is -0.451 e. The Bertz CT molecular complexity index is 651. The van der Waals surface area contributed by atoms with Crippen LogP contribution >= 0.6 is 15.9 Å². The van der Waals surface area contributed by atoms with Crippen LogP contribution in [0, 0.1) is 0 Å². The monoisotopic (exact) mass is 367 g/mol. The van der Waals surface area contributed by atoms with E-state index in [9.17, 15) is 0 Å². The molecule has 8 heteroatoms. The largest absolute Gasteiger partial charge is 0.451 e. The Hall–Kier alpha value is -1.93. The number of ether oxygens (including phenoxy) is 1. The number of nitrogens with zero attached hydrogens (tertiary/aromatic N) is 3. The molecule has 4 N–H and O–H groups in total. The molecule has 0 aliphatic carbocycles. The number of pyridine rings is 1. The maximum Gasteiger partial charge on any atom is 0.222 e. The maximum atomic E-state index is 8.94. The fourth-order valence-electron chi connectivity index (χ4n) is 1.82. The molecule has 2 rings (SSSR count). The second-order valence-corrected chi connectivity index (χ2v) is 5.71. The first-order valence-corrected chi connectivity index (χ1v) is 7.61. The average molecular weight is 368 g/mol. The van der Waals surface area contributed by atoms with Gasteiger partial charge in [-0.2, -0.15) is 4.98 Å². The van der Waals surface area contributed by atoms with E-state index in [4.69, 9.17) is 15.6 Å². The molecule has 0 unspecified atom stereocenters. The number of hydrogen-bond acceptors (Lipinski definition) is 7. The molecule has 2 aromatic rings. The summed E-state index contributed by atoms with van der Waals surface area (Å²) >= 11 is 3.34. The van der Waals surface area contributed by atoms with Crippen molar-refractivity contribution in [2.24, 2.45) is 0 Å². The fourth-order valence-corrected chi connectivity index (χ4v) is 2.13. The highest BCUT2D eigenvalue weighted by molar-refractivity contribution is 9.10. The van der Waals surface area contributed by atoms with Crippen molar-refractivity contribution in [1.82, 2.24) is 15.0 Å². The van der Waals surface area contributed by atoms with E-state index in [1.54, 1.807) is 12.3 Å². The molecule has 7 nitrogen and oxygen atoms in total. The lowest BCUT2D eigenvalue weighted by Gasteiger charge is -2.15. The van der Waals surface area contributed by atoms with Gasteiger partial charge in [0.15, 0.2) is 11.6 Å². The number of aliphatic hydroxyl groups is 1. The number of nitrogens with two attached hydrogens (primary N) is 1. The number of halogens is 1. The van der Waals surface area contributed by atoms with Gasteiger partial charge >= 0.3 is 0 Å². The third-order valence-corrected chi connectivity index (χ3v) is 3.32. The zero-order chi connectivity index (χ0) is 16.1. The number of hydrogen-bond donors (Lipinski definition) is 3. The van der Waals surface area contributed by atoms with Crippen LogP contribution in [0.2, 0.25) is 0 Å². The molecule has 0 aliphatic rings. The molecule has 0 saturated heterocycles. The van der Waals surface area contributed by atoms with E-state index in [2.05, 4.69) is 50.0 Å². The van der Waals surface area contributed by atoms with Gasteiger partial charge in [0.25, 0.3) is 0 Å². The Balaban J connectivity index is 2.36. The quantitative estimate of drug-likeness (QED) is 0.673. The molecule has 2 heterocycles. The Morgan fingerprint density at radius 1 is 1.32 bits per heavy atom. The van der Waals surface area contributed by atoms with E-state index in [0.717, 1.165) is 5.56 Å². The number of aliphatic hydroxyl groups excluding tert-OH is 1. The summed E-state index contributed by atoms with van der Waals surface area (Å²) in [6.07, 6.45) is 3.27. The Kier molecular flexibility index (Phi) is 5.51. The Labute approximate surface area is 137 Å². The minimum absolute atomic E-state index is 0.0264. The highest BCUT2D eigenvalue weighted by Gasteiger charge is 2.14. The SMILES string of the molecule is CC(C)c1cnc(Br)cc1Oc1cnc(N)nc1NCCO. The Morgan fingerprint density at radius 2 is 2.09 bits per heavy atom. The van der Waals surface area contributed by atoms with Gasteiger partial charge in [0.1, 0.15) is 10.4 Å². The van der Waals surface area contributed by atoms with Crippen molar-refractivity contribution >= 4 is 27.7 Å². The van der Waals surface area contributed by atoms with E-state index >= 15 is 0 Å². The first-order valence-electron chi connectivity index (χ1n) is 6.81. The van der Waals surface area contributed by atoms with Crippen LogP contribution in [-0.4, -0.2) is 33.2 Å². The van der Waals surface area contributed by atoms with Crippen LogP contribution in [0.25, 0.3) is 0 Å². The summed E-state index contributed by atoms with van der Waals surface area (Å²) in [5.74, 6) is 1.91. The smallest absolute Gasteiger partial charge is 0.222 e. The van der Waals surface area contributed by atoms with Crippen molar-refractivity contribution in [3.63, 3.8) is 0 Å². The number of anilines is 2. The van der Waals surface area contributed by atoms with Crippen LogP contribution in [-0.2, 0) is 0 Å². The van der Waals surface area contributed by atoms with Gasteiger partial charge in [-0.15, -0.1) is 0 Å². The summed E-state index contributed by atoms with van der Waals surface area (Å²) in [6.45, 7) is 4.43. The number of aromatic nitrogens is 3. The van der Waals surface area contributed by atoms with Gasteiger partial charge < -0.3 is 20.9 Å². The molecule has 0 radical (unpaired) electrons. The summed E-state index contributed by atoms with van der Waals surface area (Å²) in [6, 6.07) is 1.79. The fraction of sp³-hybridized carbons (Fsp3) is 0.357. The van der Waals surface area contributed by atoms with Crippen LogP contribution in [0.1, 0.15) is 25.3 Å². The lowest BCUT2D eigenvalue weighted by Crippen LogP contribution is -2.10. The topological polar surface area (TPSA) is 106 Å². The second kappa shape index (κ2) is 7.37. The lowest BCUT2D eigenvalue weighted by atomic mass is 10.1. The first kappa shape index (κ1) is 16.4. The first-order chi connectivity index (χ1) is 10.5. The standard InChI is InChI=1S/C14H18BrN5O2/c1-8(2)9-6-18-12(15)5-10(9)22-11-7-19-14(16)20-13(11)17-3-4-21/h5-8,21H,3-4H2,1-2H3,(H3,16,17,19,20). The summed E-state index contributed by atoms with van der Waals surface area (Å²) in [5.41, 5.74) is 6.56. The van der Waals surface area contributed by atoms with Crippen LogP contribution < -0.4 is 15.8 Å². The van der Waals surface area contributed by atoms with Crippen LogP contribution in [0.5, 0.6) is 11.5 Å². The number of rotatable bonds is 6. The third kappa shape index (κ3) is 4.05. The number of nitrogens with one attached hydrogen (secondary N) is 1. The molecule has 118 valence electrons. The van der Waals surface area contributed by atoms with Gasteiger partial charge in [-0.1, -0.05) is 13.8 Å². The molecular weight excluding hydrogens is 350 g/mol. The van der Waals surface area contributed by atoms with E-state index < -0.39 is 0 Å². The average Bonchev–Trinajstić information content (AvgIpc) is 2.47. The molecule has 0 atom stereocenters. The van der Waals surface area contributed by atoms with Crippen LogP contribution in [0.3, 0.4) is 0 Å². The number of nitrogen functional groups attached to an aromatic ring is 1.